The van der Waals surface area contributed by atoms with Crippen LogP contribution in [0.25, 0.3) is 0 Å². The maximum atomic E-state index is 7.61. The molecule has 0 atom stereocenters. The third-order valence-corrected chi connectivity index (χ3v) is 0. The average molecular weight is 197 g/mol. The first kappa shape index (κ1) is 9.75. The quantitative estimate of drug-likeness (QED) is 0.474. The molecule has 2 N–H and O–H groups in total. The van der Waals surface area contributed by atoms with Crippen LogP contribution in [0.4, 0.5) is 0 Å². The van der Waals surface area contributed by atoms with Crippen molar-refractivity contribution >= 4 is 56.0 Å². The standard InChI is InChI=1S/CH5BO2.Ba/c1-2(3)4;/h3-4H,1H3;. The molecule has 0 aliphatic rings. The zero-order valence-corrected chi connectivity index (χ0v) is 7.62. The van der Waals surface area contributed by atoms with E-state index in [4.69, 9.17) is 10.0 Å². The molecule has 2 nitrogen and oxygen atoms in total. The Labute approximate surface area is 71.8 Å². The number of hydrogen-bond donors (Lipinski definition) is 2. The van der Waals surface area contributed by atoms with Crippen LogP contribution in [0.5, 0.6) is 0 Å². The van der Waals surface area contributed by atoms with Crippen molar-refractivity contribution in [3.63, 3.8) is 0 Å². The fourth-order valence-electron chi connectivity index (χ4n) is 0. The Bertz CT molecular complexity index is 14.4. The minimum absolute atomic E-state index is 0. The number of rotatable bonds is 0. The van der Waals surface area contributed by atoms with Crippen molar-refractivity contribution in [1.82, 2.24) is 0 Å². The summed E-state index contributed by atoms with van der Waals surface area (Å²) in [5, 5.41) is 15.2. The Kier molecular flexibility index (Phi) is 10.8. The molecular formula is CH5BBaO2. The molecule has 0 unspecified atom stereocenters. The molecule has 2 radical (unpaired) electrons. The zero-order valence-electron chi connectivity index (χ0n) is 3.18. The van der Waals surface area contributed by atoms with Crippen molar-refractivity contribution < 1.29 is 10.0 Å². The van der Waals surface area contributed by atoms with Crippen LogP contribution in [0.3, 0.4) is 0 Å². The van der Waals surface area contributed by atoms with E-state index in [1.807, 2.05) is 0 Å². The molecule has 0 aromatic rings. The van der Waals surface area contributed by atoms with Crippen LogP contribution in [0.1, 0.15) is 0 Å². The molecular weight excluding hydrogens is 192 g/mol. The van der Waals surface area contributed by atoms with E-state index in [1.165, 1.54) is 6.82 Å². The first-order valence-corrected chi connectivity index (χ1v) is 1.09. The van der Waals surface area contributed by atoms with Crippen molar-refractivity contribution in [1.29, 1.82) is 0 Å². The van der Waals surface area contributed by atoms with Gasteiger partial charge in [-0.15, -0.1) is 0 Å². The second-order valence-electron chi connectivity index (χ2n) is 0.632. The second kappa shape index (κ2) is 5.56. The summed E-state index contributed by atoms with van der Waals surface area (Å²) in [7, 11) is -1.17. The van der Waals surface area contributed by atoms with Crippen molar-refractivity contribution in [2.24, 2.45) is 0 Å². The van der Waals surface area contributed by atoms with Crippen molar-refractivity contribution in [3.05, 3.63) is 0 Å². The summed E-state index contributed by atoms with van der Waals surface area (Å²) in [6.07, 6.45) is 0. The van der Waals surface area contributed by atoms with Crippen molar-refractivity contribution in [2.75, 3.05) is 0 Å². The molecule has 0 amide bonds. The predicted octanol–water partition coefficient (Wildman–Crippen LogP) is -1.29. The second-order valence-corrected chi connectivity index (χ2v) is 0.632. The van der Waals surface area contributed by atoms with E-state index < -0.39 is 7.12 Å². The summed E-state index contributed by atoms with van der Waals surface area (Å²) in [5.41, 5.74) is 0. The SMILES string of the molecule is CB(O)O.[Ba]. The molecule has 26 valence electrons. The van der Waals surface area contributed by atoms with Gasteiger partial charge in [0.25, 0.3) is 0 Å². The Morgan fingerprint density at radius 3 is 1.40 bits per heavy atom. The van der Waals surface area contributed by atoms with Gasteiger partial charge in [-0.1, -0.05) is 0 Å². The topological polar surface area (TPSA) is 40.5 Å². The average Bonchev–Trinajstić information content (AvgIpc) is 0.811. The molecule has 0 saturated carbocycles. The minimum atomic E-state index is -1.17. The van der Waals surface area contributed by atoms with E-state index in [1.54, 1.807) is 0 Å². The fourth-order valence-corrected chi connectivity index (χ4v) is 0. The Morgan fingerprint density at radius 1 is 1.40 bits per heavy atom. The Balaban J connectivity index is 0. The van der Waals surface area contributed by atoms with Crippen molar-refractivity contribution in [2.45, 2.75) is 6.82 Å². The smallest absolute Gasteiger partial charge is 0.427 e. The van der Waals surface area contributed by atoms with E-state index in [-0.39, 0.29) is 48.9 Å². The van der Waals surface area contributed by atoms with Crippen LogP contribution < -0.4 is 0 Å². The van der Waals surface area contributed by atoms with Gasteiger partial charge in [0.1, 0.15) is 0 Å². The van der Waals surface area contributed by atoms with Crippen LogP contribution >= 0.6 is 0 Å². The van der Waals surface area contributed by atoms with Crippen LogP contribution in [-0.4, -0.2) is 66.0 Å². The van der Waals surface area contributed by atoms with Gasteiger partial charge >= 0.3 is 7.12 Å². The van der Waals surface area contributed by atoms with E-state index in [2.05, 4.69) is 0 Å². The largest absolute Gasteiger partial charge is 0.448 e. The van der Waals surface area contributed by atoms with Crippen LogP contribution in [0.15, 0.2) is 0 Å². The van der Waals surface area contributed by atoms with Gasteiger partial charge in [-0.3, -0.25) is 0 Å². The first-order valence-electron chi connectivity index (χ1n) is 1.09. The van der Waals surface area contributed by atoms with Gasteiger partial charge in [0, 0.05) is 48.9 Å². The summed E-state index contributed by atoms with van der Waals surface area (Å²) in [5.74, 6) is 0. The molecule has 0 aliphatic carbocycles. The third-order valence-electron chi connectivity index (χ3n) is 0. The molecule has 0 saturated heterocycles. The molecule has 0 aliphatic heterocycles. The van der Waals surface area contributed by atoms with E-state index in [0.717, 1.165) is 0 Å². The molecule has 4 heteroatoms. The van der Waals surface area contributed by atoms with Crippen molar-refractivity contribution in [3.8, 4) is 0 Å². The normalized spacial score (nSPS) is 5.40. The fraction of sp³-hybridized carbons (Fsp3) is 1.00. The van der Waals surface area contributed by atoms with Gasteiger partial charge in [-0.2, -0.15) is 0 Å². The predicted molar refractivity (Wildman–Crippen MR) is 21.8 cm³/mol. The maximum Gasteiger partial charge on any atom is 0.448 e. The molecule has 0 bridgehead atoms. The minimum Gasteiger partial charge on any atom is -0.427 e. The summed E-state index contributed by atoms with van der Waals surface area (Å²) in [6.45, 7) is 1.28. The zero-order chi connectivity index (χ0) is 3.58. The molecule has 0 aromatic carbocycles. The van der Waals surface area contributed by atoms with Gasteiger partial charge in [0.15, 0.2) is 0 Å². The third kappa shape index (κ3) is 29.0. The molecule has 0 heterocycles. The summed E-state index contributed by atoms with van der Waals surface area (Å²) in [4.78, 5) is 0. The molecule has 0 fully saturated rings. The number of hydrogen-bond acceptors (Lipinski definition) is 2. The van der Waals surface area contributed by atoms with Gasteiger partial charge in [-0.25, -0.2) is 0 Å². The maximum absolute atomic E-state index is 7.61. The van der Waals surface area contributed by atoms with E-state index in [9.17, 15) is 0 Å². The Morgan fingerprint density at radius 2 is 1.40 bits per heavy atom. The van der Waals surface area contributed by atoms with Crippen LogP contribution in [0.2, 0.25) is 6.82 Å². The van der Waals surface area contributed by atoms with Crippen LogP contribution in [0, 0.1) is 0 Å². The monoisotopic (exact) mass is 198 g/mol. The summed E-state index contributed by atoms with van der Waals surface area (Å²) in [6, 6.07) is 0. The van der Waals surface area contributed by atoms with Gasteiger partial charge < -0.3 is 10.0 Å². The van der Waals surface area contributed by atoms with Gasteiger partial charge in [-0.05, 0) is 6.82 Å². The molecule has 0 spiro atoms. The summed E-state index contributed by atoms with van der Waals surface area (Å²) >= 11 is 0. The molecule has 5 heavy (non-hydrogen) atoms. The van der Waals surface area contributed by atoms with Gasteiger partial charge in [0.05, 0.1) is 0 Å². The Hall–Kier alpha value is 1.56. The molecule has 0 aromatic heterocycles. The van der Waals surface area contributed by atoms with E-state index in [0.29, 0.717) is 0 Å². The van der Waals surface area contributed by atoms with Gasteiger partial charge in [0.2, 0.25) is 0 Å². The first-order chi connectivity index (χ1) is 1.73. The summed E-state index contributed by atoms with van der Waals surface area (Å²) < 4.78 is 0. The molecule has 0 rings (SSSR count). The van der Waals surface area contributed by atoms with Crippen LogP contribution in [-0.2, 0) is 0 Å². The van der Waals surface area contributed by atoms with E-state index >= 15 is 0 Å².